The zero-order valence-electron chi connectivity index (χ0n) is 17.3. The molecular weight excluding hydrogens is 432 g/mol. The molecule has 2 atom stereocenters. The fourth-order valence-electron chi connectivity index (χ4n) is 2.76. The first kappa shape index (κ1) is 41.4. The summed E-state index contributed by atoms with van der Waals surface area (Å²) in [6.07, 6.45) is 0.393. The Morgan fingerprint density at radius 1 is 0.824 bits per heavy atom. The molecule has 0 fully saturated rings. The lowest BCUT2D eigenvalue weighted by Crippen LogP contribution is -2.49. The van der Waals surface area contributed by atoms with Gasteiger partial charge in [-0.25, -0.2) is 4.79 Å². The molecule has 0 aliphatic heterocycles. The number of ketones is 2. The molecule has 0 spiro atoms. The number of carboxylic acid groups (broad SMARTS) is 1. The summed E-state index contributed by atoms with van der Waals surface area (Å²) in [7, 11) is 2.80. The topological polar surface area (TPSA) is 89.9 Å². The van der Waals surface area contributed by atoms with Crippen molar-refractivity contribution in [2.24, 2.45) is 0 Å². The van der Waals surface area contributed by atoms with Crippen LogP contribution in [0.15, 0.2) is 60.7 Å². The van der Waals surface area contributed by atoms with E-state index in [1.54, 1.807) is 38.3 Å². The molecule has 2 aromatic rings. The third-order valence-corrected chi connectivity index (χ3v) is 4.56. The molecule has 0 heterocycles. The number of carbonyl (C=O) groups is 3. The Morgan fingerprint density at radius 3 is 1.53 bits per heavy atom. The van der Waals surface area contributed by atoms with Crippen molar-refractivity contribution in [3.8, 4) is 0 Å². The summed E-state index contributed by atoms with van der Waals surface area (Å²) in [5, 5.41) is 9.11. The van der Waals surface area contributed by atoms with Crippen molar-refractivity contribution in [2.75, 3.05) is 14.2 Å². The summed E-state index contributed by atoms with van der Waals surface area (Å²) in [5.74, 6) is -1.69. The molecule has 1 N–H and O–H groups in total. The molecular formula is C28H50O6. The van der Waals surface area contributed by atoms with Crippen LogP contribution in [0.1, 0.15) is 63.5 Å². The van der Waals surface area contributed by atoms with Gasteiger partial charge in [0.25, 0.3) is 0 Å². The number of benzene rings is 2. The van der Waals surface area contributed by atoms with Crippen LogP contribution in [0.25, 0.3) is 0 Å². The Morgan fingerprint density at radius 2 is 1.24 bits per heavy atom. The number of hydrogen-bond acceptors (Lipinski definition) is 5. The summed E-state index contributed by atoms with van der Waals surface area (Å²) >= 11 is 0. The van der Waals surface area contributed by atoms with Gasteiger partial charge in [-0.2, -0.15) is 0 Å². The Labute approximate surface area is 209 Å². The zero-order valence-corrected chi connectivity index (χ0v) is 17.3. The maximum Gasteiger partial charge on any atom is 0.344 e. The van der Waals surface area contributed by atoms with Gasteiger partial charge in [0.1, 0.15) is 6.10 Å². The number of rotatable bonds is 9. The fraction of sp³-hybridized carbons (Fsp3) is 0.464. The monoisotopic (exact) mass is 483 g/mol. The second-order valence-corrected chi connectivity index (χ2v) is 6.58. The number of carboxylic acids is 1. The average Bonchev–Trinajstić information content (AvgIpc) is 2.71. The Balaban J connectivity index is -0.000000104. The summed E-state index contributed by atoms with van der Waals surface area (Å²) in [6.45, 7) is 2.78. The van der Waals surface area contributed by atoms with Gasteiger partial charge < -0.3 is 14.6 Å². The van der Waals surface area contributed by atoms with Crippen LogP contribution in [0, 0.1) is 0 Å². The summed E-state index contributed by atoms with van der Waals surface area (Å²) in [6, 6.07) is 18.8. The highest BCUT2D eigenvalue weighted by molar-refractivity contribution is 6.05. The van der Waals surface area contributed by atoms with Crippen LogP contribution >= 0.6 is 0 Å². The summed E-state index contributed by atoms with van der Waals surface area (Å²) in [4.78, 5) is 33.6. The van der Waals surface area contributed by atoms with E-state index in [0.29, 0.717) is 6.42 Å². The van der Waals surface area contributed by atoms with Gasteiger partial charge in [0.05, 0.1) is 0 Å². The third-order valence-electron chi connectivity index (χ3n) is 4.56. The predicted molar refractivity (Wildman–Crippen MR) is 146 cm³/mol. The molecule has 34 heavy (non-hydrogen) atoms. The minimum absolute atomic E-state index is 0. The Bertz CT molecular complexity index is 780. The van der Waals surface area contributed by atoms with Crippen molar-refractivity contribution in [2.45, 2.75) is 75.5 Å². The van der Waals surface area contributed by atoms with E-state index in [1.165, 1.54) is 14.0 Å². The Kier molecular flexibility index (Phi) is 25.3. The maximum atomic E-state index is 11.4. The average molecular weight is 484 g/mol. The van der Waals surface area contributed by atoms with Gasteiger partial charge in [-0.05, 0) is 25.0 Å². The van der Waals surface area contributed by atoms with Gasteiger partial charge in [-0.3, -0.25) is 9.59 Å². The van der Waals surface area contributed by atoms with Gasteiger partial charge >= 0.3 is 5.97 Å². The molecule has 0 amide bonds. The SMILES string of the molecule is C.C.C.C.C.COC(Cc1ccccc1)(C(C)=O)C(=O)O.COC(Cc1ccccc1)C(C)=O.[2HH]. The van der Waals surface area contributed by atoms with Crippen molar-refractivity contribution in [1.29, 1.82) is 0 Å². The molecule has 2 aromatic carbocycles. The highest BCUT2D eigenvalue weighted by Gasteiger charge is 2.43. The standard InChI is InChI=1S/C12H14O4.C11H14O2.5CH4.H2/c1-9(13)12(16-2,11(14)15)8-10-6-4-3-5-7-10;1-9(12)11(13-2)8-10-6-4-3-5-7-10;;;;;;/h3-7H,8H2,1-2H3,(H,14,15);3-7,11H,8H2,1-2H3;5*1H4;1H/i;;;;;;;1+1. The molecule has 2 rings (SSSR count). The van der Waals surface area contributed by atoms with Crippen LogP contribution in [0.2, 0.25) is 0 Å². The minimum atomic E-state index is -1.78. The van der Waals surface area contributed by atoms with Crippen LogP contribution in [0.3, 0.4) is 0 Å². The first-order valence-electron chi connectivity index (χ1n) is 9.17. The largest absolute Gasteiger partial charge is 0.479 e. The molecule has 0 aliphatic rings. The molecule has 198 valence electrons. The molecule has 6 nitrogen and oxygen atoms in total. The van der Waals surface area contributed by atoms with E-state index in [1.807, 2.05) is 36.4 Å². The van der Waals surface area contributed by atoms with E-state index in [4.69, 9.17) is 14.6 Å². The molecule has 0 saturated carbocycles. The predicted octanol–water partition coefficient (Wildman–Crippen LogP) is 6.55. The highest BCUT2D eigenvalue weighted by Crippen LogP contribution is 2.19. The molecule has 2 unspecified atom stereocenters. The summed E-state index contributed by atoms with van der Waals surface area (Å²) in [5.41, 5.74) is 0.105. The first-order chi connectivity index (χ1) is 13.8. The number of carbonyl (C=O) groups excluding carboxylic acids is 2. The van der Waals surface area contributed by atoms with Crippen molar-refractivity contribution >= 4 is 17.5 Å². The van der Waals surface area contributed by atoms with Crippen LogP contribution < -0.4 is 0 Å². The minimum Gasteiger partial charge on any atom is -0.479 e. The smallest absolute Gasteiger partial charge is 0.344 e. The first-order valence-corrected chi connectivity index (χ1v) is 9.17. The van der Waals surface area contributed by atoms with Crippen LogP contribution in [-0.4, -0.2) is 48.6 Å². The molecule has 0 aliphatic carbocycles. The van der Waals surface area contributed by atoms with Crippen LogP contribution in [-0.2, 0) is 36.7 Å². The molecule has 0 bridgehead atoms. The number of aliphatic carboxylic acids is 1. The third kappa shape index (κ3) is 12.4. The van der Waals surface area contributed by atoms with Crippen LogP contribution in [0.5, 0.6) is 0 Å². The number of hydrogen-bond donors (Lipinski definition) is 1. The fourth-order valence-corrected chi connectivity index (χ4v) is 2.76. The van der Waals surface area contributed by atoms with E-state index in [9.17, 15) is 14.4 Å². The van der Waals surface area contributed by atoms with E-state index >= 15 is 0 Å². The van der Waals surface area contributed by atoms with Crippen LogP contribution in [0.4, 0.5) is 0 Å². The van der Waals surface area contributed by atoms with Crippen molar-refractivity contribution < 1.29 is 30.4 Å². The van der Waals surface area contributed by atoms with E-state index in [-0.39, 0.29) is 56.9 Å². The maximum absolute atomic E-state index is 11.4. The highest BCUT2D eigenvalue weighted by atomic mass is 16.5. The second kappa shape index (κ2) is 20.8. The number of ether oxygens (including phenoxy) is 2. The van der Waals surface area contributed by atoms with Gasteiger partial charge in [-0.1, -0.05) is 97.8 Å². The number of methoxy groups -OCH3 is 2. The number of Topliss-reactive ketones (excluding diaryl/α,β-unsaturated/α-hetero) is 2. The van der Waals surface area contributed by atoms with E-state index in [2.05, 4.69) is 0 Å². The lowest BCUT2D eigenvalue weighted by Gasteiger charge is -2.24. The van der Waals surface area contributed by atoms with Gasteiger partial charge in [0.2, 0.25) is 5.60 Å². The molecule has 0 radical (unpaired) electrons. The normalized spacial score (nSPS) is 11.4. The van der Waals surface area contributed by atoms with E-state index < -0.39 is 17.4 Å². The van der Waals surface area contributed by atoms with E-state index in [0.717, 1.165) is 11.1 Å². The lowest BCUT2D eigenvalue weighted by atomic mass is 9.91. The second-order valence-electron chi connectivity index (χ2n) is 6.58. The van der Waals surface area contributed by atoms with Gasteiger partial charge in [0, 0.05) is 28.5 Å². The molecule has 0 aromatic heterocycles. The quantitative estimate of drug-likeness (QED) is 0.407. The lowest BCUT2D eigenvalue weighted by molar-refractivity contribution is -0.168. The molecule has 0 saturated heterocycles. The van der Waals surface area contributed by atoms with Crippen molar-refractivity contribution in [1.82, 2.24) is 0 Å². The molecule has 6 heteroatoms. The van der Waals surface area contributed by atoms with Crippen molar-refractivity contribution in [3.05, 3.63) is 71.8 Å². The van der Waals surface area contributed by atoms with Gasteiger partial charge in [-0.15, -0.1) is 0 Å². The zero-order chi connectivity index (χ0) is 21.9. The summed E-state index contributed by atoms with van der Waals surface area (Å²) < 4.78 is 9.98. The van der Waals surface area contributed by atoms with Gasteiger partial charge in [0.15, 0.2) is 11.6 Å². The van der Waals surface area contributed by atoms with Crippen molar-refractivity contribution in [3.63, 3.8) is 0 Å². The Hall–Kier alpha value is -2.83.